The first-order valence-corrected chi connectivity index (χ1v) is 11.6. The SMILES string of the molecule is CCN1CCC[C@H]1CN(Cc1cc2ccc(C)c(C)c2[nH]c1=O)C(=S)NCC(C)C. The van der Waals surface area contributed by atoms with Gasteiger partial charge in [0.1, 0.15) is 0 Å². The summed E-state index contributed by atoms with van der Waals surface area (Å²) in [5, 5.41) is 5.22. The Labute approximate surface area is 185 Å². The third-order valence-corrected chi connectivity index (χ3v) is 6.68. The van der Waals surface area contributed by atoms with Gasteiger partial charge in [-0.3, -0.25) is 9.69 Å². The minimum absolute atomic E-state index is 0.0216. The first-order valence-electron chi connectivity index (χ1n) is 11.2. The molecule has 0 saturated carbocycles. The van der Waals surface area contributed by atoms with E-state index < -0.39 is 0 Å². The van der Waals surface area contributed by atoms with Gasteiger partial charge in [0.15, 0.2) is 5.11 Å². The number of hydrogen-bond donors (Lipinski definition) is 2. The van der Waals surface area contributed by atoms with Gasteiger partial charge in [-0.15, -0.1) is 0 Å². The molecule has 1 atom stereocenters. The lowest BCUT2D eigenvalue weighted by molar-refractivity contribution is 0.219. The summed E-state index contributed by atoms with van der Waals surface area (Å²) in [5.41, 5.74) is 4.00. The predicted octanol–water partition coefficient (Wildman–Crippen LogP) is 3.96. The fraction of sp³-hybridized carbons (Fsp3) is 0.583. The van der Waals surface area contributed by atoms with Crippen molar-refractivity contribution in [2.45, 2.75) is 60.0 Å². The second kappa shape index (κ2) is 9.92. The molecule has 3 rings (SSSR count). The van der Waals surface area contributed by atoms with Crippen molar-refractivity contribution in [1.82, 2.24) is 20.1 Å². The zero-order chi connectivity index (χ0) is 21.8. The number of rotatable bonds is 7. The molecule has 1 aromatic heterocycles. The topological polar surface area (TPSA) is 51.4 Å². The van der Waals surface area contributed by atoms with Gasteiger partial charge in [0, 0.05) is 24.7 Å². The lowest BCUT2D eigenvalue weighted by Gasteiger charge is -2.32. The summed E-state index contributed by atoms with van der Waals surface area (Å²) in [5.74, 6) is 0.513. The highest BCUT2D eigenvalue weighted by atomic mass is 32.1. The van der Waals surface area contributed by atoms with E-state index in [0.717, 1.165) is 53.3 Å². The Hall–Kier alpha value is -1.92. The van der Waals surface area contributed by atoms with Gasteiger partial charge in [-0.2, -0.15) is 0 Å². The molecule has 30 heavy (non-hydrogen) atoms. The van der Waals surface area contributed by atoms with E-state index in [1.54, 1.807) is 0 Å². The van der Waals surface area contributed by atoms with Gasteiger partial charge in [-0.25, -0.2) is 0 Å². The van der Waals surface area contributed by atoms with Crippen molar-refractivity contribution < 1.29 is 0 Å². The minimum atomic E-state index is -0.0216. The summed E-state index contributed by atoms with van der Waals surface area (Å²) < 4.78 is 0. The Bertz CT molecular complexity index is 952. The number of benzene rings is 1. The molecule has 0 aliphatic carbocycles. The van der Waals surface area contributed by atoms with Crippen LogP contribution in [-0.4, -0.2) is 52.1 Å². The van der Waals surface area contributed by atoms with Gasteiger partial charge in [0.05, 0.1) is 12.1 Å². The number of nitrogens with one attached hydrogen (secondary N) is 2. The van der Waals surface area contributed by atoms with Crippen molar-refractivity contribution in [3.63, 3.8) is 0 Å². The predicted molar refractivity (Wildman–Crippen MR) is 130 cm³/mol. The van der Waals surface area contributed by atoms with Crippen LogP contribution in [-0.2, 0) is 6.54 Å². The van der Waals surface area contributed by atoms with E-state index in [1.165, 1.54) is 18.4 Å². The molecule has 2 N–H and O–H groups in total. The van der Waals surface area contributed by atoms with Crippen molar-refractivity contribution in [1.29, 1.82) is 0 Å². The smallest absolute Gasteiger partial charge is 0.253 e. The molecular weight excluding hydrogens is 392 g/mol. The first-order chi connectivity index (χ1) is 14.3. The number of pyridine rings is 1. The Morgan fingerprint density at radius 2 is 2.13 bits per heavy atom. The molecule has 0 amide bonds. The molecule has 1 aliphatic heterocycles. The highest BCUT2D eigenvalue weighted by molar-refractivity contribution is 7.80. The molecule has 2 heterocycles. The number of likely N-dealkylation sites (tertiary alicyclic amines) is 1. The lowest BCUT2D eigenvalue weighted by Crippen LogP contribution is -2.47. The minimum Gasteiger partial charge on any atom is -0.362 e. The van der Waals surface area contributed by atoms with Crippen molar-refractivity contribution >= 4 is 28.2 Å². The molecular formula is C24H36N4OS. The largest absolute Gasteiger partial charge is 0.362 e. The van der Waals surface area contributed by atoms with E-state index in [4.69, 9.17) is 12.2 Å². The normalized spacial score (nSPS) is 17.1. The second-order valence-electron chi connectivity index (χ2n) is 8.98. The maximum atomic E-state index is 12.9. The van der Waals surface area contributed by atoms with E-state index in [0.29, 0.717) is 18.5 Å². The third-order valence-electron chi connectivity index (χ3n) is 6.27. The van der Waals surface area contributed by atoms with Crippen molar-refractivity contribution in [2.24, 2.45) is 5.92 Å². The van der Waals surface area contributed by atoms with Gasteiger partial charge in [-0.1, -0.05) is 32.9 Å². The number of fused-ring (bicyclic) bond motifs is 1. The van der Waals surface area contributed by atoms with Crippen LogP contribution in [0.2, 0.25) is 0 Å². The van der Waals surface area contributed by atoms with Crippen LogP contribution in [0, 0.1) is 19.8 Å². The van der Waals surface area contributed by atoms with Gasteiger partial charge in [-0.05, 0) is 80.5 Å². The summed E-state index contributed by atoms with van der Waals surface area (Å²) in [6.07, 6.45) is 2.41. The average Bonchev–Trinajstić information content (AvgIpc) is 3.16. The fourth-order valence-corrected chi connectivity index (χ4v) is 4.51. The number of nitrogens with zero attached hydrogens (tertiary/aromatic N) is 2. The summed E-state index contributed by atoms with van der Waals surface area (Å²) >= 11 is 5.76. The monoisotopic (exact) mass is 428 g/mol. The first kappa shape index (κ1) is 22.8. The molecule has 5 nitrogen and oxygen atoms in total. The molecule has 0 bridgehead atoms. The number of H-pyrrole nitrogens is 1. The van der Waals surface area contributed by atoms with Crippen molar-refractivity contribution in [3.05, 3.63) is 45.2 Å². The zero-order valence-corrected chi connectivity index (χ0v) is 19.9. The maximum absolute atomic E-state index is 12.9. The van der Waals surface area contributed by atoms with Crippen LogP contribution in [0.25, 0.3) is 10.9 Å². The molecule has 6 heteroatoms. The standard InChI is InChI=1S/C24H36N4OS/c1-6-27-11-7-8-21(27)15-28(24(30)25-13-16(2)3)14-20-12-19-10-9-17(4)18(5)22(19)26-23(20)29/h9-10,12,16,21H,6-8,11,13-15H2,1-5H3,(H,25,30)(H,26,29)/t21-/m0/s1. The number of aromatic nitrogens is 1. The van der Waals surface area contributed by atoms with Crippen LogP contribution in [0.5, 0.6) is 0 Å². The average molecular weight is 429 g/mol. The van der Waals surface area contributed by atoms with Crippen LogP contribution < -0.4 is 10.9 Å². The number of likely N-dealkylation sites (N-methyl/N-ethyl adjacent to an activating group) is 1. The van der Waals surface area contributed by atoms with E-state index in [9.17, 15) is 4.79 Å². The van der Waals surface area contributed by atoms with Crippen LogP contribution in [0.15, 0.2) is 23.0 Å². The summed E-state index contributed by atoms with van der Waals surface area (Å²) in [6, 6.07) is 6.72. The highest BCUT2D eigenvalue weighted by Gasteiger charge is 2.26. The summed E-state index contributed by atoms with van der Waals surface area (Å²) in [7, 11) is 0. The number of aromatic amines is 1. The quantitative estimate of drug-likeness (QED) is 0.654. The Morgan fingerprint density at radius 3 is 2.83 bits per heavy atom. The Morgan fingerprint density at radius 1 is 1.37 bits per heavy atom. The van der Waals surface area contributed by atoms with Crippen molar-refractivity contribution in [3.8, 4) is 0 Å². The summed E-state index contributed by atoms with van der Waals surface area (Å²) in [4.78, 5) is 20.8. The molecule has 1 saturated heterocycles. The van der Waals surface area contributed by atoms with E-state index >= 15 is 0 Å². The molecule has 0 radical (unpaired) electrons. The number of hydrogen-bond acceptors (Lipinski definition) is 3. The molecule has 1 aromatic carbocycles. The molecule has 2 aromatic rings. The molecule has 164 valence electrons. The zero-order valence-electron chi connectivity index (χ0n) is 19.0. The van der Waals surface area contributed by atoms with Gasteiger partial charge >= 0.3 is 0 Å². The van der Waals surface area contributed by atoms with Gasteiger partial charge in [0.2, 0.25) is 0 Å². The maximum Gasteiger partial charge on any atom is 0.253 e. The molecule has 1 aliphatic rings. The summed E-state index contributed by atoms with van der Waals surface area (Å²) in [6.45, 7) is 15.1. The molecule has 0 spiro atoms. The fourth-order valence-electron chi connectivity index (χ4n) is 4.29. The van der Waals surface area contributed by atoms with E-state index in [1.807, 2.05) is 6.07 Å². The van der Waals surface area contributed by atoms with Gasteiger partial charge < -0.3 is 15.2 Å². The van der Waals surface area contributed by atoms with Gasteiger partial charge in [0.25, 0.3) is 5.56 Å². The number of thiocarbonyl (C=S) groups is 1. The number of aryl methyl sites for hydroxylation is 2. The second-order valence-corrected chi connectivity index (χ2v) is 9.37. The van der Waals surface area contributed by atoms with Crippen LogP contribution >= 0.6 is 12.2 Å². The van der Waals surface area contributed by atoms with E-state index in [2.05, 4.69) is 66.9 Å². The lowest BCUT2D eigenvalue weighted by atomic mass is 10.0. The molecule has 1 fully saturated rings. The van der Waals surface area contributed by atoms with Crippen molar-refractivity contribution in [2.75, 3.05) is 26.2 Å². The van der Waals surface area contributed by atoms with Crippen LogP contribution in [0.3, 0.4) is 0 Å². The van der Waals surface area contributed by atoms with E-state index in [-0.39, 0.29) is 5.56 Å². The third kappa shape index (κ3) is 5.22. The molecule has 0 unspecified atom stereocenters. The highest BCUT2D eigenvalue weighted by Crippen LogP contribution is 2.21. The Balaban J connectivity index is 1.87. The van der Waals surface area contributed by atoms with Crippen LogP contribution in [0.1, 0.15) is 50.3 Å². The Kier molecular flexibility index (Phi) is 7.53. The van der Waals surface area contributed by atoms with Crippen LogP contribution in [0.4, 0.5) is 0 Å².